The van der Waals surface area contributed by atoms with Crippen LogP contribution < -0.4 is 0 Å². The molecule has 2 nitrogen and oxygen atoms in total. The van der Waals surface area contributed by atoms with Crippen molar-refractivity contribution in [3.05, 3.63) is 0 Å². The Morgan fingerprint density at radius 1 is 1.50 bits per heavy atom. The molecule has 1 fully saturated rings. The number of rotatable bonds is 3. The predicted octanol–water partition coefficient (Wildman–Crippen LogP) is 3.01. The van der Waals surface area contributed by atoms with Crippen LogP contribution in [0.2, 0.25) is 0 Å². The zero-order valence-corrected chi connectivity index (χ0v) is 9.75. The molecule has 0 aromatic heterocycles. The average Bonchev–Trinajstić information content (AvgIpc) is 2.11. The molecule has 4 atom stereocenters. The predicted molar refractivity (Wildman–Crippen MR) is 56.9 cm³/mol. The van der Waals surface area contributed by atoms with E-state index in [1.54, 1.807) is 0 Å². The second kappa shape index (κ2) is 4.81. The summed E-state index contributed by atoms with van der Waals surface area (Å²) in [4.78, 5) is 11.4. The maximum absolute atomic E-state index is 11.4. The first-order valence-corrected chi connectivity index (χ1v) is 5.76. The fourth-order valence-electron chi connectivity index (χ4n) is 2.45. The summed E-state index contributed by atoms with van der Waals surface area (Å²) < 4.78 is 5.49. The molecule has 82 valence electrons. The third kappa shape index (κ3) is 2.49. The van der Waals surface area contributed by atoms with E-state index in [0.717, 1.165) is 19.3 Å². The van der Waals surface area contributed by atoms with E-state index in [0.29, 0.717) is 11.8 Å². The van der Waals surface area contributed by atoms with E-state index in [4.69, 9.17) is 4.74 Å². The Hall–Kier alpha value is -0.530. The molecule has 2 heteroatoms. The highest BCUT2D eigenvalue weighted by Crippen LogP contribution is 2.31. The fourth-order valence-corrected chi connectivity index (χ4v) is 2.45. The second-order valence-electron chi connectivity index (χ2n) is 4.78. The van der Waals surface area contributed by atoms with Crippen molar-refractivity contribution in [1.82, 2.24) is 0 Å². The molecule has 1 aliphatic rings. The smallest absolute Gasteiger partial charge is 0.308 e. The Balaban J connectivity index is 2.56. The summed E-state index contributed by atoms with van der Waals surface area (Å²) >= 11 is 0. The van der Waals surface area contributed by atoms with Gasteiger partial charge in [-0.25, -0.2) is 0 Å². The molecule has 0 unspecified atom stereocenters. The van der Waals surface area contributed by atoms with Gasteiger partial charge in [-0.3, -0.25) is 4.79 Å². The molecule has 0 N–H and O–H groups in total. The van der Waals surface area contributed by atoms with E-state index in [9.17, 15) is 4.79 Å². The van der Waals surface area contributed by atoms with Gasteiger partial charge in [0, 0.05) is 0 Å². The van der Waals surface area contributed by atoms with E-state index in [1.165, 1.54) is 0 Å². The van der Waals surface area contributed by atoms with Crippen LogP contribution in [0.1, 0.15) is 47.0 Å². The number of cyclic esters (lactones) is 1. The van der Waals surface area contributed by atoms with Gasteiger partial charge in [-0.05, 0) is 24.7 Å². The first-order valence-electron chi connectivity index (χ1n) is 5.76. The summed E-state index contributed by atoms with van der Waals surface area (Å²) in [5.74, 6) is 1.11. The van der Waals surface area contributed by atoms with Crippen LogP contribution >= 0.6 is 0 Å². The summed E-state index contributed by atoms with van der Waals surface area (Å²) in [7, 11) is 0. The maximum atomic E-state index is 11.4. The van der Waals surface area contributed by atoms with Crippen molar-refractivity contribution in [1.29, 1.82) is 0 Å². The first-order chi connectivity index (χ1) is 6.56. The minimum atomic E-state index is -0.00365. The molecule has 0 aliphatic carbocycles. The normalized spacial score (nSPS) is 35.1. The highest BCUT2D eigenvalue weighted by atomic mass is 16.5. The number of carbonyl (C=O) groups is 1. The summed E-state index contributed by atoms with van der Waals surface area (Å²) in [6.45, 7) is 8.52. The quantitative estimate of drug-likeness (QED) is 0.652. The van der Waals surface area contributed by atoms with Crippen LogP contribution in [0.15, 0.2) is 0 Å². The van der Waals surface area contributed by atoms with Gasteiger partial charge < -0.3 is 4.74 Å². The summed E-state index contributed by atoms with van der Waals surface area (Å²) in [6.07, 6.45) is 3.45. The fraction of sp³-hybridized carbons (Fsp3) is 0.917. The topological polar surface area (TPSA) is 26.3 Å². The molecule has 0 aromatic rings. The first kappa shape index (κ1) is 11.5. The van der Waals surface area contributed by atoms with E-state index in [2.05, 4.69) is 20.8 Å². The second-order valence-corrected chi connectivity index (χ2v) is 4.78. The van der Waals surface area contributed by atoms with Crippen LogP contribution in [-0.4, -0.2) is 12.1 Å². The SMILES string of the molecule is CCC[C@H](C)[C@H]1OC(=O)[C@@H](C)C[C@H]1C. The minimum absolute atomic E-state index is 0.00365. The molecule has 0 saturated carbocycles. The summed E-state index contributed by atoms with van der Waals surface area (Å²) in [5.41, 5.74) is 0. The molecule has 0 aromatic carbocycles. The van der Waals surface area contributed by atoms with E-state index in [1.807, 2.05) is 6.92 Å². The van der Waals surface area contributed by atoms with Gasteiger partial charge in [0.25, 0.3) is 0 Å². The van der Waals surface area contributed by atoms with Crippen LogP contribution in [0.4, 0.5) is 0 Å². The highest BCUT2D eigenvalue weighted by molar-refractivity contribution is 5.73. The largest absolute Gasteiger partial charge is 0.462 e. The third-order valence-electron chi connectivity index (χ3n) is 3.25. The Morgan fingerprint density at radius 3 is 2.71 bits per heavy atom. The lowest BCUT2D eigenvalue weighted by Gasteiger charge is -2.35. The van der Waals surface area contributed by atoms with Crippen molar-refractivity contribution in [3.8, 4) is 0 Å². The van der Waals surface area contributed by atoms with Crippen LogP contribution in [0.25, 0.3) is 0 Å². The van der Waals surface area contributed by atoms with Gasteiger partial charge >= 0.3 is 5.97 Å². The van der Waals surface area contributed by atoms with Crippen LogP contribution in [-0.2, 0) is 9.53 Å². The molecule has 1 rings (SSSR count). The number of hydrogen-bond acceptors (Lipinski definition) is 2. The van der Waals surface area contributed by atoms with Crippen molar-refractivity contribution in [2.45, 2.75) is 53.1 Å². The summed E-state index contributed by atoms with van der Waals surface area (Å²) in [6, 6.07) is 0. The molecule has 1 aliphatic heterocycles. The van der Waals surface area contributed by atoms with Crippen molar-refractivity contribution in [2.24, 2.45) is 17.8 Å². The number of hydrogen-bond donors (Lipinski definition) is 0. The zero-order chi connectivity index (χ0) is 10.7. The highest BCUT2D eigenvalue weighted by Gasteiger charge is 2.35. The average molecular weight is 198 g/mol. The molecule has 0 spiro atoms. The standard InChI is InChI=1S/C12H22O2/c1-5-6-8(2)11-9(3)7-10(4)12(13)14-11/h8-11H,5-7H2,1-4H3/t8-,9+,10-,11+/m0/s1. The van der Waals surface area contributed by atoms with Gasteiger partial charge in [-0.15, -0.1) is 0 Å². The lowest BCUT2D eigenvalue weighted by Crippen LogP contribution is -2.39. The number of esters is 1. The monoisotopic (exact) mass is 198 g/mol. The van der Waals surface area contributed by atoms with Gasteiger partial charge in [-0.2, -0.15) is 0 Å². The van der Waals surface area contributed by atoms with Crippen molar-refractivity contribution < 1.29 is 9.53 Å². The Labute approximate surface area is 87.0 Å². The zero-order valence-electron chi connectivity index (χ0n) is 9.75. The van der Waals surface area contributed by atoms with E-state index < -0.39 is 0 Å². The molecule has 0 radical (unpaired) electrons. The molecular formula is C12H22O2. The van der Waals surface area contributed by atoms with Crippen LogP contribution in [0, 0.1) is 17.8 Å². The molecule has 0 amide bonds. The number of carbonyl (C=O) groups excluding carboxylic acids is 1. The van der Waals surface area contributed by atoms with E-state index >= 15 is 0 Å². The Bertz CT molecular complexity index is 196. The molecule has 0 bridgehead atoms. The van der Waals surface area contributed by atoms with Crippen LogP contribution in [0.3, 0.4) is 0 Å². The van der Waals surface area contributed by atoms with Crippen molar-refractivity contribution in [2.75, 3.05) is 0 Å². The number of ether oxygens (including phenoxy) is 1. The Kier molecular flexibility index (Phi) is 3.97. The van der Waals surface area contributed by atoms with Crippen molar-refractivity contribution in [3.63, 3.8) is 0 Å². The molecule has 1 heterocycles. The van der Waals surface area contributed by atoms with Gasteiger partial charge in [0.05, 0.1) is 5.92 Å². The van der Waals surface area contributed by atoms with Crippen LogP contribution in [0.5, 0.6) is 0 Å². The maximum Gasteiger partial charge on any atom is 0.308 e. The Morgan fingerprint density at radius 2 is 2.14 bits per heavy atom. The summed E-state index contributed by atoms with van der Waals surface area (Å²) in [5, 5.41) is 0. The minimum Gasteiger partial charge on any atom is -0.462 e. The molecule has 1 saturated heterocycles. The third-order valence-corrected chi connectivity index (χ3v) is 3.25. The lowest BCUT2D eigenvalue weighted by atomic mass is 9.82. The van der Waals surface area contributed by atoms with Gasteiger partial charge in [0.2, 0.25) is 0 Å². The van der Waals surface area contributed by atoms with E-state index in [-0.39, 0.29) is 18.0 Å². The van der Waals surface area contributed by atoms with Gasteiger partial charge in [0.1, 0.15) is 6.10 Å². The van der Waals surface area contributed by atoms with Gasteiger partial charge in [0.15, 0.2) is 0 Å². The molecule has 14 heavy (non-hydrogen) atoms. The lowest BCUT2D eigenvalue weighted by molar-refractivity contribution is -0.168. The van der Waals surface area contributed by atoms with Gasteiger partial charge in [-0.1, -0.05) is 34.1 Å². The molecular weight excluding hydrogens is 176 g/mol. The van der Waals surface area contributed by atoms with Crippen molar-refractivity contribution >= 4 is 5.97 Å².